The van der Waals surface area contributed by atoms with Crippen LogP contribution in [-0.4, -0.2) is 8.42 Å². The molecule has 74 valence electrons. The Kier molecular flexibility index (Phi) is 2.25. The first-order chi connectivity index (χ1) is 6.57. The van der Waals surface area contributed by atoms with Crippen molar-refractivity contribution in [2.45, 2.75) is 11.3 Å². The number of halogens is 1. The van der Waals surface area contributed by atoms with Gasteiger partial charge in [-0.3, -0.25) is 0 Å². The van der Waals surface area contributed by atoms with Crippen LogP contribution in [0.3, 0.4) is 0 Å². The fraction of sp³-hybridized carbons (Fsp3) is 0.111. The summed E-state index contributed by atoms with van der Waals surface area (Å²) in [6, 6.07) is 4.57. The smallest absolute Gasteiger partial charge is 0.261 e. The van der Waals surface area contributed by atoms with Gasteiger partial charge in [-0.2, -0.15) is 0 Å². The Morgan fingerprint density at radius 1 is 1.36 bits per heavy atom. The average molecular weight is 231 g/mol. The zero-order valence-corrected chi connectivity index (χ0v) is 8.68. The van der Waals surface area contributed by atoms with E-state index in [2.05, 4.69) is 0 Å². The van der Waals surface area contributed by atoms with E-state index in [4.69, 9.17) is 15.4 Å². The summed E-state index contributed by atoms with van der Waals surface area (Å²) in [7, 11) is 1.57. The predicted octanol–water partition coefficient (Wildman–Crippen LogP) is 2.06. The topological polar surface area (TPSA) is 43.4 Å². The summed E-state index contributed by atoms with van der Waals surface area (Å²) in [5.74, 6) is 0.677. The molecule has 0 saturated heterocycles. The van der Waals surface area contributed by atoms with E-state index in [0.717, 1.165) is 5.56 Å². The van der Waals surface area contributed by atoms with Crippen LogP contribution in [0.4, 0.5) is 0 Å². The Morgan fingerprint density at radius 2 is 2.14 bits per heavy atom. The van der Waals surface area contributed by atoms with Crippen LogP contribution in [0.1, 0.15) is 5.56 Å². The van der Waals surface area contributed by atoms with Gasteiger partial charge in [0, 0.05) is 10.7 Å². The molecular formula is C9H7ClO3S. The van der Waals surface area contributed by atoms with E-state index >= 15 is 0 Å². The SMILES string of the molecule is O=S(=O)(Cl)c1ccc2c(c1)CC=CO2. The molecule has 0 radical (unpaired) electrons. The fourth-order valence-electron chi connectivity index (χ4n) is 1.28. The lowest BCUT2D eigenvalue weighted by Crippen LogP contribution is -1.99. The molecule has 0 fully saturated rings. The van der Waals surface area contributed by atoms with Gasteiger partial charge in [-0.25, -0.2) is 8.42 Å². The van der Waals surface area contributed by atoms with Crippen LogP contribution in [0.25, 0.3) is 0 Å². The summed E-state index contributed by atoms with van der Waals surface area (Å²) < 4.78 is 27.2. The maximum absolute atomic E-state index is 11.0. The van der Waals surface area contributed by atoms with Gasteiger partial charge in [0.15, 0.2) is 0 Å². The minimum atomic E-state index is -3.64. The van der Waals surface area contributed by atoms with E-state index in [9.17, 15) is 8.42 Å². The number of ether oxygens (including phenoxy) is 1. The van der Waals surface area contributed by atoms with Crippen molar-refractivity contribution in [2.75, 3.05) is 0 Å². The van der Waals surface area contributed by atoms with E-state index in [1.807, 2.05) is 6.08 Å². The Labute approximate surface area is 86.4 Å². The summed E-state index contributed by atoms with van der Waals surface area (Å²) in [6.45, 7) is 0. The second-order valence-corrected chi connectivity index (χ2v) is 5.47. The van der Waals surface area contributed by atoms with Crippen molar-refractivity contribution in [3.05, 3.63) is 36.1 Å². The normalized spacial score (nSPS) is 14.6. The number of hydrogen-bond acceptors (Lipinski definition) is 3. The van der Waals surface area contributed by atoms with Gasteiger partial charge in [-0.05, 0) is 36.3 Å². The Balaban J connectivity index is 2.52. The van der Waals surface area contributed by atoms with Gasteiger partial charge >= 0.3 is 0 Å². The van der Waals surface area contributed by atoms with Gasteiger partial charge in [-0.1, -0.05) is 0 Å². The molecule has 0 aliphatic carbocycles. The molecule has 0 bridgehead atoms. The second kappa shape index (κ2) is 3.29. The molecule has 5 heteroatoms. The molecule has 1 aromatic rings. The van der Waals surface area contributed by atoms with Crippen molar-refractivity contribution in [1.29, 1.82) is 0 Å². The van der Waals surface area contributed by atoms with Crippen molar-refractivity contribution < 1.29 is 13.2 Å². The summed E-state index contributed by atoms with van der Waals surface area (Å²) in [6.07, 6.45) is 4.06. The number of hydrogen-bond donors (Lipinski definition) is 0. The van der Waals surface area contributed by atoms with E-state index in [0.29, 0.717) is 12.2 Å². The molecule has 1 aliphatic heterocycles. The molecular weight excluding hydrogens is 224 g/mol. The van der Waals surface area contributed by atoms with Crippen LogP contribution < -0.4 is 4.74 Å². The molecule has 0 unspecified atom stereocenters. The molecule has 0 saturated carbocycles. The van der Waals surface area contributed by atoms with E-state index < -0.39 is 9.05 Å². The van der Waals surface area contributed by atoms with Crippen molar-refractivity contribution >= 4 is 19.7 Å². The lowest BCUT2D eigenvalue weighted by atomic mass is 10.1. The van der Waals surface area contributed by atoms with Crippen LogP contribution in [0, 0.1) is 0 Å². The molecule has 0 atom stereocenters. The monoisotopic (exact) mass is 230 g/mol. The maximum Gasteiger partial charge on any atom is 0.261 e. The summed E-state index contributed by atoms with van der Waals surface area (Å²) in [4.78, 5) is 0.108. The lowest BCUT2D eigenvalue weighted by molar-refractivity contribution is 0.464. The largest absolute Gasteiger partial charge is 0.465 e. The summed E-state index contributed by atoms with van der Waals surface area (Å²) in [5.41, 5.74) is 0.828. The highest BCUT2D eigenvalue weighted by Gasteiger charge is 2.14. The molecule has 1 aliphatic rings. The van der Waals surface area contributed by atoms with Crippen LogP contribution in [0.5, 0.6) is 5.75 Å². The third-order valence-corrected chi connectivity index (χ3v) is 3.29. The van der Waals surface area contributed by atoms with Crippen molar-refractivity contribution in [3.8, 4) is 5.75 Å². The number of rotatable bonds is 1. The number of allylic oxidation sites excluding steroid dienone is 1. The van der Waals surface area contributed by atoms with E-state index in [1.165, 1.54) is 12.1 Å². The fourth-order valence-corrected chi connectivity index (χ4v) is 2.08. The minimum absolute atomic E-state index is 0.108. The molecule has 0 N–H and O–H groups in total. The molecule has 3 nitrogen and oxygen atoms in total. The van der Waals surface area contributed by atoms with Gasteiger partial charge in [0.05, 0.1) is 11.2 Å². The third kappa shape index (κ3) is 1.76. The number of benzene rings is 1. The van der Waals surface area contributed by atoms with E-state index in [1.54, 1.807) is 12.3 Å². The zero-order chi connectivity index (χ0) is 10.2. The highest BCUT2D eigenvalue weighted by atomic mass is 35.7. The maximum atomic E-state index is 11.0. The summed E-state index contributed by atoms with van der Waals surface area (Å²) in [5, 5.41) is 0. The highest BCUT2D eigenvalue weighted by molar-refractivity contribution is 8.13. The Hall–Kier alpha value is -1.00. The molecule has 2 rings (SSSR count). The molecule has 14 heavy (non-hydrogen) atoms. The van der Waals surface area contributed by atoms with Gasteiger partial charge in [0.1, 0.15) is 5.75 Å². The quantitative estimate of drug-likeness (QED) is 0.694. The first-order valence-electron chi connectivity index (χ1n) is 3.96. The van der Waals surface area contributed by atoms with Crippen LogP contribution in [-0.2, 0) is 15.5 Å². The number of fused-ring (bicyclic) bond motifs is 1. The Bertz CT molecular complexity index is 491. The lowest BCUT2D eigenvalue weighted by Gasteiger charge is -2.11. The zero-order valence-electron chi connectivity index (χ0n) is 7.10. The predicted molar refractivity (Wildman–Crippen MR) is 53.0 cm³/mol. The molecule has 0 amide bonds. The molecule has 0 spiro atoms. The van der Waals surface area contributed by atoms with Gasteiger partial charge in [0.2, 0.25) is 0 Å². The summed E-state index contributed by atoms with van der Waals surface area (Å²) >= 11 is 0. The Morgan fingerprint density at radius 3 is 2.86 bits per heavy atom. The first kappa shape index (κ1) is 9.55. The van der Waals surface area contributed by atoms with Gasteiger partial charge < -0.3 is 4.74 Å². The molecule has 1 aromatic carbocycles. The van der Waals surface area contributed by atoms with Crippen molar-refractivity contribution in [3.63, 3.8) is 0 Å². The van der Waals surface area contributed by atoms with Gasteiger partial charge in [0.25, 0.3) is 9.05 Å². The molecule has 1 heterocycles. The van der Waals surface area contributed by atoms with Gasteiger partial charge in [-0.15, -0.1) is 0 Å². The third-order valence-electron chi connectivity index (χ3n) is 1.94. The van der Waals surface area contributed by atoms with Crippen LogP contribution in [0.2, 0.25) is 0 Å². The highest BCUT2D eigenvalue weighted by Crippen LogP contribution is 2.27. The van der Waals surface area contributed by atoms with Crippen LogP contribution >= 0.6 is 10.7 Å². The molecule has 0 aromatic heterocycles. The minimum Gasteiger partial charge on any atom is -0.465 e. The standard InChI is InChI=1S/C9H7ClO3S/c10-14(11,12)8-3-4-9-7(6-8)2-1-5-13-9/h1,3-6H,2H2. The first-order valence-corrected chi connectivity index (χ1v) is 6.27. The average Bonchev–Trinajstić information content (AvgIpc) is 2.16. The van der Waals surface area contributed by atoms with Crippen molar-refractivity contribution in [2.24, 2.45) is 0 Å². The second-order valence-electron chi connectivity index (χ2n) is 2.90. The van der Waals surface area contributed by atoms with Crippen molar-refractivity contribution in [1.82, 2.24) is 0 Å². The van der Waals surface area contributed by atoms with E-state index in [-0.39, 0.29) is 4.90 Å². The van der Waals surface area contributed by atoms with Crippen LogP contribution in [0.15, 0.2) is 35.4 Å².